The Morgan fingerprint density at radius 1 is 1.23 bits per heavy atom. The molecule has 1 aliphatic rings. The van der Waals surface area contributed by atoms with Gasteiger partial charge in [-0.05, 0) is 38.0 Å². The van der Waals surface area contributed by atoms with Gasteiger partial charge in [-0.2, -0.15) is 10.1 Å². The molecule has 8 heteroatoms. The predicted octanol–water partition coefficient (Wildman–Crippen LogP) is 2.51. The molecule has 26 heavy (non-hydrogen) atoms. The summed E-state index contributed by atoms with van der Waals surface area (Å²) in [6.45, 7) is 8.75. The Hall–Kier alpha value is -2.90. The van der Waals surface area contributed by atoms with Gasteiger partial charge in [0, 0.05) is 31.9 Å². The minimum absolute atomic E-state index is 0.267. The molecule has 138 valence electrons. The highest BCUT2D eigenvalue weighted by Crippen LogP contribution is 2.21. The molecular weight excluding hydrogens is 332 g/mol. The molecule has 0 unspecified atom stereocenters. The zero-order chi connectivity index (χ0) is 18.5. The Kier molecular flexibility index (Phi) is 5.50. The SMILES string of the molecule is CCOC(=O)N1CCN(c2nncc(Nc3cc(C)ccc3C)n2)CC1. The summed E-state index contributed by atoms with van der Waals surface area (Å²) in [7, 11) is 0. The number of aryl methyl sites for hydroxylation is 2. The highest BCUT2D eigenvalue weighted by molar-refractivity contribution is 5.68. The lowest BCUT2D eigenvalue weighted by molar-refractivity contribution is 0.105. The molecule has 0 bridgehead atoms. The number of nitrogens with one attached hydrogen (secondary N) is 1. The highest BCUT2D eigenvalue weighted by Gasteiger charge is 2.23. The maximum atomic E-state index is 11.8. The number of hydrogen-bond donors (Lipinski definition) is 1. The monoisotopic (exact) mass is 356 g/mol. The molecule has 1 aliphatic heterocycles. The van der Waals surface area contributed by atoms with Crippen molar-refractivity contribution in [3.8, 4) is 0 Å². The molecule has 1 aromatic heterocycles. The van der Waals surface area contributed by atoms with E-state index in [4.69, 9.17) is 4.74 Å². The molecule has 0 radical (unpaired) electrons. The lowest BCUT2D eigenvalue weighted by Crippen LogP contribution is -2.49. The summed E-state index contributed by atoms with van der Waals surface area (Å²) in [5.74, 6) is 1.21. The number of amides is 1. The van der Waals surface area contributed by atoms with Crippen LogP contribution in [0.4, 0.5) is 22.2 Å². The number of rotatable bonds is 4. The number of hydrogen-bond acceptors (Lipinski definition) is 7. The third-order valence-electron chi connectivity index (χ3n) is 4.29. The summed E-state index contributed by atoms with van der Waals surface area (Å²) in [6, 6.07) is 6.23. The normalized spacial score (nSPS) is 14.3. The maximum absolute atomic E-state index is 11.8. The van der Waals surface area contributed by atoms with Gasteiger partial charge in [0.05, 0.1) is 12.8 Å². The molecule has 3 rings (SSSR count). The molecule has 0 spiro atoms. The lowest BCUT2D eigenvalue weighted by Gasteiger charge is -2.33. The molecule has 1 amide bonds. The number of benzene rings is 1. The first-order chi connectivity index (χ1) is 12.6. The van der Waals surface area contributed by atoms with Gasteiger partial charge in [-0.15, -0.1) is 5.10 Å². The Morgan fingerprint density at radius 3 is 2.73 bits per heavy atom. The first kappa shape index (κ1) is 17.9. The zero-order valence-corrected chi connectivity index (χ0v) is 15.4. The van der Waals surface area contributed by atoms with E-state index in [1.54, 1.807) is 11.1 Å². The van der Waals surface area contributed by atoms with Gasteiger partial charge in [0.25, 0.3) is 0 Å². The van der Waals surface area contributed by atoms with Crippen LogP contribution in [0, 0.1) is 13.8 Å². The van der Waals surface area contributed by atoms with Gasteiger partial charge in [0.15, 0.2) is 5.82 Å². The number of ether oxygens (including phenoxy) is 1. The average molecular weight is 356 g/mol. The van der Waals surface area contributed by atoms with Gasteiger partial charge in [-0.1, -0.05) is 12.1 Å². The Bertz CT molecular complexity index is 774. The van der Waals surface area contributed by atoms with Crippen LogP contribution < -0.4 is 10.2 Å². The standard InChI is InChI=1S/C18H24N6O2/c1-4-26-18(25)24-9-7-23(8-10-24)17-21-16(12-19-22-17)20-15-11-13(2)5-6-14(15)3/h5-6,11-12H,4,7-10H2,1-3H3,(H,20,21,22). The summed E-state index contributed by atoms with van der Waals surface area (Å²) >= 11 is 0. The molecule has 1 fully saturated rings. The van der Waals surface area contributed by atoms with E-state index in [9.17, 15) is 4.79 Å². The summed E-state index contributed by atoms with van der Waals surface area (Å²) in [6.07, 6.45) is 1.34. The Labute approximate surface area is 153 Å². The van der Waals surface area contributed by atoms with Crippen LogP contribution in [0.2, 0.25) is 0 Å². The van der Waals surface area contributed by atoms with Crippen molar-refractivity contribution in [1.29, 1.82) is 0 Å². The van der Waals surface area contributed by atoms with E-state index in [2.05, 4.69) is 45.6 Å². The second kappa shape index (κ2) is 7.99. The van der Waals surface area contributed by atoms with Crippen LogP contribution in [0.5, 0.6) is 0 Å². The minimum atomic E-state index is -0.267. The highest BCUT2D eigenvalue weighted by atomic mass is 16.6. The second-order valence-electron chi connectivity index (χ2n) is 6.26. The van der Waals surface area contributed by atoms with E-state index in [0.717, 1.165) is 11.3 Å². The van der Waals surface area contributed by atoms with Crippen LogP contribution in [0.1, 0.15) is 18.1 Å². The maximum Gasteiger partial charge on any atom is 0.409 e. The average Bonchev–Trinajstić information content (AvgIpc) is 2.65. The van der Waals surface area contributed by atoms with E-state index in [1.165, 1.54) is 5.56 Å². The number of piperazine rings is 1. The van der Waals surface area contributed by atoms with Crippen molar-refractivity contribution in [2.45, 2.75) is 20.8 Å². The summed E-state index contributed by atoms with van der Waals surface area (Å²) < 4.78 is 5.04. The van der Waals surface area contributed by atoms with Crippen molar-refractivity contribution in [3.05, 3.63) is 35.5 Å². The molecule has 0 atom stereocenters. The fourth-order valence-corrected chi connectivity index (χ4v) is 2.80. The van der Waals surface area contributed by atoms with E-state index in [0.29, 0.717) is 44.6 Å². The van der Waals surface area contributed by atoms with Gasteiger partial charge in [0.2, 0.25) is 5.95 Å². The van der Waals surface area contributed by atoms with E-state index >= 15 is 0 Å². The first-order valence-corrected chi connectivity index (χ1v) is 8.77. The number of aromatic nitrogens is 3. The van der Waals surface area contributed by atoms with Gasteiger partial charge in [0.1, 0.15) is 0 Å². The van der Waals surface area contributed by atoms with E-state index in [-0.39, 0.29) is 6.09 Å². The quantitative estimate of drug-likeness (QED) is 0.901. The fourth-order valence-electron chi connectivity index (χ4n) is 2.80. The third-order valence-corrected chi connectivity index (χ3v) is 4.29. The molecular formula is C18H24N6O2. The van der Waals surface area contributed by atoms with Crippen LogP contribution >= 0.6 is 0 Å². The molecule has 8 nitrogen and oxygen atoms in total. The van der Waals surface area contributed by atoms with Crippen molar-refractivity contribution < 1.29 is 9.53 Å². The van der Waals surface area contributed by atoms with Crippen molar-refractivity contribution >= 4 is 23.5 Å². The van der Waals surface area contributed by atoms with Crippen LogP contribution in [0.15, 0.2) is 24.4 Å². The van der Waals surface area contributed by atoms with Crippen LogP contribution in [0.25, 0.3) is 0 Å². The molecule has 0 aliphatic carbocycles. The van der Waals surface area contributed by atoms with Gasteiger partial charge in [-0.25, -0.2) is 4.79 Å². The van der Waals surface area contributed by atoms with Gasteiger partial charge >= 0.3 is 6.09 Å². The largest absolute Gasteiger partial charge is 0.450 e. The van der Waals surface area contributed by atoms with Crippen LogP contribution in [-0.4, -0.2) is 59.0 Å². The first-order valence-electron chi connectivity index (χ1n) is 8.77. The summed E-state index contributed by atoms with van der Waals surface area (Å²) in [5, 5.41) is 11.5. The van der Waals surface area contributed by atoms with Crippen molar-refractivity contribution in [2.24, 2.45) is 0 Å². The van der Waals surface area contributed by atoms with Crippen LogP contribution in [0.3, 0.4) is 0 Å². The van der Waals surface area contributed by atoms with Crippen molar-refractivity contribution in [1.82, 2.24) is 20.1 Å². The second-order valence-corrected chi connectivity index (χ2v) is 6.26. The molecule has 0 saturated carbocycles. The molecule has 1 aromatic carbocycles. The van der Waals surface area contributed by atoms with Crippen molar-refractivity contribution in [2.75, 3.05) is 43.0 Å². The molecule has 1 saturated heterocycles. The fraction of sp³-hybridized carbons (Fsp3) is 0.444. The van der Waals surface area contributed by atoms with Crippen molar-refractivity contribution in [3.63, 3.8) is 0 Å². The number of nitrogens with zero attached hydrogens (tertiary/aromatic N) is 5. The number of carbonyl (C=O) groups is 1. The lowest BCUT2D eigenvalue weighted by atomic mass is 10.1. The molecule has 2 heterocycles. The summed E-state index contributed by atoms with van der Waals surface area (Å²) in [4.78, 5) is 20.1. The topological polar surface area (TPSA) is 83.5 Å². The minimum Gasteiger partial charge on any atom is -0.450 e. The third kappa shape index (κ3) is 4.19. The van der Waals surface area contributed by atoms with Gasteiger partial charge in [-0.3, -0.25) is 0 Å². The Morgan fingerprint density at radius 2 is 2.00 bits per heavy atom. The molecule has 1 N–H and O–H groups in total. The zero-order valence-electron chi connectivity index (χ0n) is 15.4. The number of carbonyl (C=O) groups excluding carboxylic acids is 1. The number of anilines is 3. The smallest absolute Gasteiger partial charge is 0.409 e. The van der Waals surface area contributed by atoms with Crippen LogP contribution in [-0.2, 0) is 4.74 Å². The summed E-state index contributed by atoms with van der Waals surface area (Å²) in [5.41, 5.74) is 3.32. The Balaban J connectivity index is 1.66. The predicted molar refractivity (Wildman–Crippen MR) is 99.8 cm³/mol. The molecule has 2 aromatic rings. The van der Waals surface area contributed by atoms with E-state index in [1.807, 2.05) is 18.7 Å². The van der Waals surface area contributed by atoms with Gasteiger partial charge < -0.3 is 19.9 Å². The van der Waals surface area contributed by atoms with E-state index < -0.39 is 0 Å².